The Bertz CT molecular complexity index is 763. The highest BCUT2D eigenvalue weighted by Crippen LogP contribution is 2.34. The zero-order valence-electron chi connectivity index (χ0n) is 9.87. The van der Waals surface area contributed by atoms with Crippen molar-refractivity contribution in [2.75, 3.05) is 0 Å². The lowest BCUT2D eigenvalue weighted by Gasteiger charge is -2.17. The summed E-state index contributed by atoms with van der Waals surface area (Å²) in [6.07, 6.45) is 0.602. The standard InChI is InChI=1S/C14H10O4S/c15-8-11-4-2-6-13-14(11)18-9-10-3-1-5-12(7-10)19(13,16)17/h1-8H,9H2. The molecule has 0 aliphatic carbocycles. The van der Waals surface area contributed by atoms with Gasteiger partial charge < -0.3 is 4.74 Å². The van der Waals surface area contributed by atoms with E-state index in [2.05, 4.69) is 0 Å². The maximum atomic E-state index is 12.5. The average molecular weight is 274 g/mol. The zero-order valence-corrected chi connectivity index (χ0v) is 10.7. The number of fused-ring (bicyclic) bond motifs is 3. The normalized spacial score (nSPS) is 15.6. The highest BCUT2D eigenvalue weighted by Gasteiger charge is 2.26. The van der Waals surface area contributed by atoms with Gasteiger partial charge in [-0.15, -0.1) is 0 Å². The van der Waals surface area contributed by atoms with E-state index >= 15 is 0 Å². The number of rotatable bonds is 1. The second-order valence-corrected chi connectivity index (χ2v) is 6.15. The fraction of sp³-hybridized carbons (Fsp3) is 0.0714. The van der Waals surface area contributed by atoms with E-state index < -0.39 is 9.84 Å². The number of para-hydroxylation sites is 1. The molecule has 1 heterocycles. The van der Waals surface area contributed by atoms with Gasteiger partial charge in [0.1, 0.15) is 17.3 Å². The number of benzene rings is 2. The third kappa shape index (κ3) is 1.82. The van der Waals surface area contributed by atoms with Crippen LogP contribution in [-0.4, -0.2) is 14.7 Å². The Kier molecular flexibility index (Phi) is 2.64. The first-order valence-corrected chi connectivity index (χ1v) is 7.16. The van der Waals surface area contributed by atoms with Gasteiger partial charge in [0.05, 0.1) is 10.5 Å². The van der Waals surface area contributed by atoms with E-state index in [0.29, 0.717) is 6.29 Å². The van der Waals surface area contributed by atoms with Crippen LogP contribution in [0, 0.1) is 0 Å². The molecule has 2 aromatic carbocycles. The molecule has 3 rings (SSSR count). The SMILES string of the molecule is O=Cc1cccc2c1OCc1cccc(c1)S2(=O)=O. The minimum Gasteiger partial charge on any atom is -0.487 e. The van der Waals surface area contributed by atoms with Crippen molar-refractivity contribution in [1.82, 2.24) is 0 Å². The van der Waals surface area contributed by atoms with Crippen LogP contribution in [0.25, 0.3) is 0 Å². The van der Waals surface area contributed by atoms with Crippen LogP contribution in [0.5, 0.6) is 5.75 Å². The highest BCUT2D eigenvalue weighted by molar-refractivity contribution is 7.91. The molecule has 0 spiro atoms. The Morgan fingerprint density at radius 3 is 2.68 bits per heavy atom. The van der Waals surface area contributed by atoms with Crippen molar-refractivity contribution in [3.8, 4) is 5.75 Å². The van der Waals surface area contributed by atoms with Gasteiger partial charge >= 0.3 is 0 Å². The van der Waals surface area contributed by atoms with Gasteiger partial charge in [-0.2, -0.15) is 0 Å². The Hall–Kier alpha value is -2.14. The number of carbonyl (C=O) groups excluding carboxylic acids is 1. The molecule has 0 amide bonds. The first kappa shape index (κ1) is 11.9. The second-order valence-electron chi connectivity index (χ2n) is 4.23. The molecule has 5 heteroatoms. The molecule has 0 saturated carbocycles. The van der Waals surface area contributed by atoms with Crippen LogP contribution >= 0.6 is 0 Å². The first-order valence-electron chi connectivity index (χ1n) is 5.68. The van der Waals surface area contributed by atoms with Gasteiger partial charge in [0.25, 0.3) is 0 Å². The number of aldehydes is 1. The molecule has 0 atom stereocenters. The van der Waals surface area contributed by atoms with E-state index in [9.17, 15) is 13.2 Å². The summed E-state index contributed by atoms with van der Waals surface area (Å²) in [7, 11) is -3.66. The molecular weight excluding hydrogens is 264 g/mol. The fourth-order valence-electron chi connectivity index (χ4n) is 2.08. The number of carbonyl (C=O) groups is 1. The number of ether oxygens (including phenoxy) is 1. The number of hydrogen-bond acceptors (Lipinski definition) is 4. The summed E-state index contributed by atoms with van der Waals surface area (Å²) in [6.45, 7) is 0.237. The summed E-state index contributed by atoms with van der Waals surface area (Å²) >= 11 is 0. The van der Waals surface area contributed by atoms with Crippen molar-refractivity contribution in [2.45, 2.75) is 16.4 Å². The van der Waals surface area contributed by atoms with Crippen LogP contribution < -0.4 is 4.74 Å². The lowest BCUT2D eigenvalue weighted by molar-refractivity contribution is 0.111. The van der Waals surface area contributed by atoms with E-state index in [-0.39, 0.29) is 27.7 Å². The van der Waals surface area contributed by atoms with E-state index in [1.54, 1.807) is 24.3 Å². The highest BCUT2D eigenvalue weighted by atomic mass is 32.2. The minimum absolute atomic E-state index is 0.0361. The lowest BCUT2D eigenvalue weighted by Crippen LogP contribution is -2.11. The van der Waals surface area contributed by atoms with Crippen molar-refractivity contribution in [3.05, 3.63) is 53.6 Å². The van der Waals surface area contributed by atoms with Gasteiger partial charge in [0, 0.05) is 0 Å². The van der Waals surface area contributed by atoms with Crippen molar-refractivity contribution < 1.29 is 17.9 Å². The summed E-state index contributed by atoms with van der Waals surface area (Å²) < 4.78 is 30.5. The molecule has 1 aliphatic heterocycles. The van der Waals surface area contributed by atoms with Crippen LogP contribution in [0.3, 0.4) is 0 Å². The molecule has 0 saturated heterocycles. The summed E-state index contributed by atoms with van der Waals surface area (Å²) in [4.78, 5) is 11.3. The van der Waals surface area contributed by atoms with Gasteiger partial charge in [-0.25, -0.2) is 8.42 Å². The molecule has 0 aromatic heterocycles. The molecule has 19 heavy (non-hydrogen) atoms. The quantitative estimate of drug-likeness (QED) is 0.748. The Morgan fingerprint density at radius 1 is 1.11 bits per heavy atom. The predicted molar refractivity (Wildman–Crippen MR) is 68.1 cm³/mol. The van der Waals surface area contributed by atoms with Crippen molar-refractivity contribution >= 4 is 16.1 Å². The van der Waals surface area contributed by atoms with E-state index in [4.69, 9.17) is 4.74 Å². The third-order valence-electron chi connectivity index (χ3n) is 3.02. The van der Waals surface area contributed by atoms with Crippen LogP contribution in [0.2, 0.25) is 0 Å². The molecule has 4 nitrogen and oxygen atoms in total. The minimum atomic E-state index is -3.66. The van der Waals surface area contributed by atoms with Crippen LogP contribution in [0.1, 0.15) is 15.9 Å². The summed E-state index contributed by atoms with van der Waals surface area (Å²) in [6, 6.07) is 11.1. The topological polar surface area (TPSA) is 60.4 Å². The first-order chi connectivity index (χ1) is 9.13. The summed E-state index contributed by atoms with van der Waals surface area (Å²) in [5.74, 6) is 0.129. The fourth-order valence-corrected chi connectivity index (χ4v) is 3.57. The molecular formula is C14H10O4S. The zero-order chi connectivity index (χ0) is 13.5. The second kappa shape index (κ2) is 4.20. The van der Waals surface area contributed by atoms with Crippen LogP contribution in [-0.2, 0) is 16.4 Å². The summed E-state index contributed by atoms with van der Waals surface area (Å²) in [5.41, 5.74) is 0.999. The lowest BCUT2D eigenvalue weighted by atomic mass is 10.2. The van der Waals surface area contributed by atoms with E-state index in [1.807, 2.05) is 0 Å². The molecule has 0 N–H and O–H groups in total. The van der Waals surface area contributed by atoms with Crippen molar-refractivity contribution in [1.29, 1.82) is 0 Å². The van der Waals surface area contributed by atoms with Gasteiger partial charge in [-0.05, 0) is 29.8 Å². The maximum Gasteiger partial charge on any atom is 0.210 e. The molecule has 0 fully saturated rings. The third-order valence-corrected chi connectivity index (χ3v) is 4.79. The summed E-state index contributed by atoms with van der Waals surface area (Å²) in [5, 5.41) is 0. The van der Waals surface area contributed by atoms with Crippen molar-refractivity contribution in [2.24, 2.45) is 0 Å². The van der Waals surface area contributed by atoms with Gasteiger partial charge in [-0.3, -0.25) is 4.79 Å². The van der Waals surface area contributed by atoms with Crippen LogP contribution in [0.15, 0.2) is 52.3 Å². The van der Waals surface area contributed by atoms with E-state index in [1.165, 1.54) is 18.2 Å². The molecule has 0 radical (unpaired) electrons. The van der Waals surface area contributed by atoms with E-state index in [0.717, 1.165) is 5.56 Å². The van der Waals surface area contributed by atoms with Crippen LogP contribution in [0.4, 0.5) is 0 Å². The predicted octanol–water partition coefficient (Wildman–Crippen LogP) is 2.22. The Labute approximate surface area is 110 Å². The molecule has 96 valence electrons. The largest absolute Gasteiger partial charge is 0.487 e. The smallest absolute Gasteiger partial charge is 0.210 e. The average Bonchev–Trinajstić information content (AvgIpc) is 2.44. The molecule has 2 aromatic rings. The van der Waals surface area contributed by atoms with Gasteiger partial charge in [-0.1, -0.05) is 18.2 Å². The van der Waals surface area contributed by atoms with Gasteiger partial charge in [0.2, 0.25) is 9.84 Å². The number of sulfone groups is 1. The maximum absolute atomic E-state index is 12.5. The van der Waals surface area contributed by atoms with Gasteiger partial charge in [0.15, 0.2) is 6.29 Å². The molecule has 0 unspecified atom stereocenters. The molecule has 2 bridgehead atoms. The molecule has 1 aliphatic rings. The Morgan fingerprint density at radius 2 is 1.89 bits per heavy atom. The Balaban J connectivity index is 2.36. The monoisotopic (exact) mass is 274 g/mol. The van der Waals surface area contributed by atoms with Crippen molar-refractivity contribution in [3.63, 3.8) is 0 Å². The number of hydrogen-bond donors (Lipinski definition) is 0.